The monoisotopic (exact) mass is 311 g/mol. The third-order valence-corrected chi connectivity index (χ3v) is 3.51. The van der Waals surface area contributed by atoms with Crippen LogP contribution in [0.1, 0.15) is 5.56 Å². The first kappa shape index (κ1) is 14.4. The van der Waals surface area contributed by atoms with Crippen LogP contribution in [0.15, 0.2) is 65.5 Å². The van der Waals surface area contributed by atoms with Crippen molar-refractivity contribution in [2.45, 2.75) is 6.54 Å². The van der Waals surface area contributed by atoms with E-state index >= 15 is 0 Å². The Morgan fingerprint density at radius 2 is 1.86 bits per heavy atom. The molecule has 0 unspecified atom stereocenters. The third-order valence-electron chi connectivity index (χ3n) is 3.27. The van der Waals surface area contributed by atoms with Crippen molar-refractivity contribution in [2.75, 3.05) is 5.73 Å². The Morgan fingerprint density at radius 1 is 1.05 bits per heavy atom. The van der Waals surface area contributed by atoms with Crippen LogP contribution in [0, 0.1) is 0 Å². The van der Waals surface area contributed by atoms with Crippen LogP contribution in [-0.4, -0.2) is 9.78 Å². The minimum absolute atomic E-state index is 0.159. The normalized spacial score (nSPS) is 10.6. The van der Waals surface area contributed by atoms with E-state index in [-0.39, 0.29) is 5.56 Å². The molecule has 1 heterocycles. The van der Waals surface area contributed by atoms with Gasteiger partial charge in [0.05, 0.1) is 12.2 Å². The van der Waals surface area contributed by atoms with Gasteiger partial charge in [0.1, 0.15) is 0 Å². The molecule has 5 heteroatoms. The van der Waals surface area contributed by atoms with E-state index in [0.29, 0.717) is 22.9 Å². The predicted octanol–water partition coefficient (Wildman–Crippen LogP) is 3.19. The first-order chi connectivity index (χ1) is 10.6. The number of aromatic nitrogens is 2. The van der Waals surface area contributed by atoms with Gasteiger partial charge in [-0.2, -0.15) is 5.10 Å². The van der Waals surface area contributed by atoms with Gasteiger partial charge in [0.25, 0.3) is 5.56 Å². The summed E-state index contributed by atoms with van der Waals surface area (Å²) in [6, 6.07) is 18.0. The number of nitrogens with zero attached hydrogens (tertiary/aromatic N) is 2. The highest BCUT2D eigenvalue weighted by Gasteiger charge is 2.05. The van der Waals surface area contributed by atoms with Crippen LogP contribution in [0.25, 0.3) is 11.3 Å². The Labute approximate surface area is 132 Å². The van der Waals surface area contributed by atoms with Gasteiger partial charge in [0.2, 0.25) is 0 Å². The summed E-state index contributed by atoms with van der Waals surface area (Å²) < 4.78 is 1.42. The summed E-state index contributed by atoms with van der Waals surface area (Å²) in [6.07, 6.45) is 0. The van der Waals surface area contributed by atoms with E-state index in [2.05, 4.69) is 5.10 Å². The van der Waals surface area contributed by atoms with Crippen molar-refractivity contribution in [1.29, 1.82) is 0 Å². The van der Waals surface area contributed by atoms with Gasteiger partial charge in [-0.25, -0.2) is 4.68 Å². The standard InChI is InChI=1S/C17H14ClN3O/c18-14-5-2-4-13(10-14)16-7-8-17(22)21(20-16)11-12-3-1-6-15(19)9-12/h1-10H,11,19H2. The molecule has 4 nitrogen and oxygen atoms in total. The van der Waals surface area contributed by atoms with E-state index in [4.69, 9.17) is 17.3 Å². The number of anilines is 1. The SMILES string of the molecule is Nc1cccc(Cn2nc(-c3cccc(Cl)c3)ccc2=O)c1. The zero-order valence-corrected chi connectivity index (χ0v) is 12.5. The van der Waals surface area contributed by atoms with E-state index in [1.165, 1.54) is 10.7 Å². The number of hydrogen-bond acceptors (Lipinski definition) is 3. The molecule has 1 aromatic heterocycles. The summed E-state index contributed by atoms with van der Waals surface area (Å²) >= 11 is 6.00. The van der Waals surface area contributed by atoms with Crippen LogP contribution in [0.4, 0.5) is 5.69 Å². The highest BCUT2D eigenvalue weighted by molar-refractivity contribution is 6.30. The second-order valence-electron chi connectivity index (χ2n) is 4.97. The molecule has 3 rings (SSSR count). The number of nitrogen functional groups attached to an aromatic ring is 1. The maximum Gasteiger partial charge on any atom is 0.267 e. The summed E-state index contributed by atoms with van der Waals surface area (Å²) in [5.74, 6) is 0. The molecule has 0 amide bonds. The molecule has 0 aliphatic carbocycles. The Balaban J connectivity index is 1.98. The summed E-state index contributed by atoms with van der Waals surface area (Å²) in [7, 11) is 0. The lowest BCUT2D eigenvalue weighted by atomic mass is 10.1. The van der Waals surface area contributed by atoms with E-state index in [9.17, 15) is 4.79 Å². The van der Waals surface area contributed by atoms with Gasteiger partial charge in [-0.05, 0) is 35.9 Å². The van der Waals surface area contributed by atoms with Crippen LogP contribution in [0.5, 0.6) is 0 Å². The lowest BCUT2D eigenvalue weighted by molar-refractivity contribution is 0.643. The quantitative estimate of drug-likeness (QED) is 0.756. The van der Waals surface area contributed by atoms with Crippen LogP contribution < -0.4 is 11.3 Å². The van der Waals surface area contributed by atoms with Gasteiger partial charge >= 0.3 is 0 Å². The number of halogens is 1. The zero-order chi connectivity index (χ0) is 15.5. The Kier molecular flexibility index (Phi) is 3.94. The molecule has 0 atom stereocenters. The van der Waals surface area contributed by atoms with Crippen molar-refractivity contribution < 1.29 is 0 Å². The molecule has 0 spiro atoms. The van der Waals surface area contributed by atoms with Crippen LogP contribution in [-0.2, 0) is 6.54 Å². The summed E-state index contributed by atoms with van der Waals surface area (Å²) in [4.78, 5) is 12.0. The largest absolute Gasteiger partial charge is 0.399 e. The summed E-state index contributed by atoms with van der Waals surface area (Å²) in [5.41, 5.74) is 8.77. The summed E-state index contributed by atoms with van der Waals surface area (Å²) in [6.45, 7) is 0.373. The Morgan fingerprint density at radius 3 is 2.64 bits per heavy atom. The molecule has 0 aliphatic heterocycles. The third kappa shape index (κ3) is 3.18. The van der Waals surface area contributed by atoms with Crippen molar-refractivity contribution >= 4 is 17.3 Å². The Hall–Kier alpha value is -2.59. The molecule has 0 fully saturated rings. The number of nitrogens with two attached hydrogens (primary N) is 1. The Bertz CT molecular complexity index is 874. The molecule has 110 valence electrons. The highest BCUT2D eigenvalue weighted by atomic mass is 35.5. The smallest absolute Gasteiger partial charge is 0.267 e. The lowest BCUT2D eigenvalue weighted by Gasteiger charge is -2.08. The fourth-order valence-electron chi connectivity index (χ4n) is 2.23. The minimum atomic E-state index is -0.159. The number of hydrogen-bond donors (Lipinski definition) is 1. The zero-order valence-electron chi connectivity index (χ0n) is 11.7. The average molecular weight is 312 g/mol. The van der Waals surface area contributed by atoms with Gasteiger partial charge in [-0.15, -0.1) is 0 Å². The van der Waals surface area contributed by atoms with Crippen molar-refractivity contribution in [2.24, 2.45) is 0 Å². The second-order valence-corrected chi connectivity index (χ2v) is 5.41. The van der Waals surface area contributed by atoms with Crippen molar-refractivity contribution in [1.82, 2.24) is 9.78 Å². The second kappa shape index (κ2) is 6.03. The van der Waals surface area contributed by atoms with Crippen LogP contribution in [0.3, 0.4) is 0 Å². The molecule has 0 saturated carbocycles. The van der Waals surface area contributed by atoms with Crippen molar-refractivity contribution in [3.05, 3.63) is 81.6 Å². The van der Waals surface area contributed by atoms with E-state index in [1.807, 2.05) is 42.5 Å². The fourth-order valence-corrected chi connectivity index (χ4v) is 2.42. The van der Waals surface area contributed by atoms with Gasteiger partial charge in [-0.1, -0.05) is 35.9 Å². The van der Waals surface area contributed by atoms with Crippen molar-refractivity contribution in [3.8, 4) is 11.3 Å². The average Bonchev–Trinajstić information content (AvgIpc) is 2.49. The van der Waals surface area contributed by atoms with Crippen LogP contribution in [0.2, 0.25) is 5.02 Å². The number of benzene rings is 2. The fraction of sp³-hybridized carbons (Fsp3) is 0.0588. The molecular formula is C17H14ClN3O. The molecule has 0 bridgehead atoms. The van der Waals surface area contributed by atoms with Crippen LogP contribution >= 0.6 is 11.6 Å². The van der Waals surface area contributed by atoms with Gasteiger partial charge in [-0.3, -0.25) is 4.79 Å². The minimum Gasteiger partial charge on any atom is -0.399 e. The first-order valence-corrected chi connectivity index (χ1v) is 7.18. The molecule has 2 N–H and O–H groups in total. The topological polar surface area (TPSA) is 60.9 Å². The van der Waals surface area contributed by atoms with E-state index in [1.54, 1.807) is 12.1 Å². The molecule has 3 aromatic rings. The number of rotatable bonds is 3. The molecule has 22 heavy (non-hydrogen) atoms. The molecule has 2 aromatic carbocycles. The summed E-state index contributed by atoms with van der Waals surface area (Å²) in [5, 5.41) is 5.05. The first-order valence-electron chi connectivity index (χ1n) is 6.80. The maximum atomic E-state index is 12.0. The van der Waals surface area contributed by atoms with Gasteiger partial charge in [0.15, 0.2) is 0 Å². The molecular weight excluding hydrogens is 298 g/mol. The van der Waals surface area contributed by atoms with E-state index < -0.39 is 0 Å². The lowest BCUT2D eigenvalue weighted by Crippen LogP contribution is -2.22. The maximum absolute atomic E-state index is 12.0. The van der Waals surface area contributed by atoms with Gasteiger partial charge < -0.3 is 5.73 Å². The predicted molar refractivity (Wildman–Crippen MR) is 88.9 cm³/mol. The molecule has 0 saturated heterocycles. The van der Waals surface area contributed by atoms with E-state index in [0.717, 1.165) is 11.1 Å². The van der Waals surface area contributed by atoms with Crippen molar-refractivity contribution in [3.63, 3.8) is 0 Å². The van der Waals surface area contributed by atoms with Gasteiger partial charge in [0, 0.05) is 22.3 Å². The molecule has 0 aliphatic rings. The highest BCUT2D eigenvalue weighted by Crippen LogP contribution is 2.19. The molecule has 0 radical (unpaired) electrons.